The Morgan fingerprint density at radius 1 is 0.853 bits per heavy atom. The van der Waals surface area contributed by atoms with Crippen molar-refractivity contribution in [1.82, 2.24) is 0 Å². The Labute approximate surface area is 197 Å². The second-order valence-corrected chi connectivity index (χ2v) is 7.80. The van der Waals surface area contributed by atoms with Gasteiger partial charge in [0.25, 0.3) is 11.7 Å². The Kier molecular flexibility index (Phi) is 6.27. The van der Waals surface area contributed by atoms with Crippen molar-refractivity contribution in [3.63, 3.8) is 0 Å². The maximum atomic E-state index is 13.3. The van der Waals surface area contributed by atoms with E-state index in [0.717, 1.165) is 11.1 Å². The van der Waals surface area contributed by atoms with Gasteiger partial charge in [0.15, 0.2) is 11.5 Å². The molecule has 1 unspecified atom stereocenters. The zero-order chi connectivity index (χ0) is 24.4. The van der Waals surface area contributed by atoms with Crippen LogP contribution in [0.1, 0.15) is 22.7 Å². The van der Waals surface area contributed by atoms with E-state index >= 15 is 0 Å². The number of ether oxygens (including phenoxy) is 3. The highest BCUT2D eigenvalue weighted by Gasteiger charge is 2.47. The summed E-state index contributed by atoms with van der Waals surface area (Å²) in [6, 6.07) is 18.4. The number of aryl methyl sites for hydroxylation is 1. The molecule has 0 aliphatic carbocycles. The first kappa shape index (κ1) is 22.9. The van der Waals surface area contributed by atoms with Gasteiger partial charge in [-0.25, -0.2) is 0 Å². The number of benzene rings is 3. The van der Waals surface area contributed by atoms with Crippen molar-refractivity contribution >= 4 is 23.1 Å². The maximum absolute atomic E-state index is 13.3. The third kappa shape index (κ3) is 3.85. The minimum absolute atomic E-state index is 0.00524. The summed E-state index contributed by atoms with van der Waals surface area (Å²) in [6.45, 7) is 1.90. The highest BCUT2D eigenvalue weighted by atomic mass is 16.5. The number of Topliss-reactive ketones (excluding diaryl/α,β-unsaturated/α-hetero) is 1. The van der Waals surface area contributed by atoms with Gasteiger partial charge in [0.2, 0.25) is 0 Å². The fourth-order valence-electron chi connectivity index (χ4n) is 4.19. The highest BCUT2D eigenvalue weighted by Crippen LogP contribution is 2.44. The SMILES string of the molecule is COc1cccc(N2C(=O)C(=O)/C(=C(/O)c3ccc(OC)c(OC)c3)C2c2ccccc2C)c1. The van der Waals surface area contributed by atoms with Crippen molar-refractivity contribution in [2.75, 3.05) is 26.2 Å². The predicted molar refractivity (Wildman–Crippen MR) is 129 cm³/mol. The molecule has 0 spiro atoms. The van der Waals surface area contributed by atoms with Crippen LogP contribution < -0.4 is 19.1 Å². The second kappa shape index (κ2) is 9.31. The molecule has 1 fully saturated rings. The van der Waals surface area contributed by atoms with Gasteiger partial charge in [0.1, 0.15) is 11.5 Å². The van der Waals surface area contributed by atoms with E-state index in [1.807, 2.05) is 31.2 Å². The third-order valence-corrected chi connectivity index (χ3v) is 5.92. The molecule has 7 nitrogen and oxygen atoms in total. The molecule has 7 heteroatoms. The molecule has 0 radical (unpaired) electrons. The van der Waals surface area contributed by atoms with Crippen molar-refractivity contribution in [3.8, 4) is 17.2 Å². The number of methoxy groups -OCH3 is 3. The number of carbonyl (C=O) groups excluding carboxylic acids is 2. The van der Waals surface area contributed by atoms with Gasteiger partial charge in [0.05, 0.1) is 32.9 Å². The molecule has 0 bridgehead atoms. The molecule has 1 atom stereocenters. The summed E-state index contributed by atoms with van der Waals surface area (Å²) in [4.78, 5) is 28.1. The van der Waals surface area contributed by atoms with Gasteiger partial charge in [-0.3, -0.25) is 14.5 Å². The summed E-state index contributed by atoms with van der Waals surface area (Å²) in [5, 5.41) is 11.3. The number of rotatable bonds is 6. The molecular weight excluding hydrogens is 434 g/mol. The fourth-order valence-corrected chi connectivity index (χ4v) is 4.19. The normalized spacial score (nSPS) is 17.1. The lowest BCUT2D eigenvalue weighted by atomic mass is 9.92. The summed E-state index contributed by atoms with van der Waals surface area (Å²) < 4.78 is 15.9. The Hall–Kier alpha value is -4.26. The van der Waals surface area contributed by atoms with E-state index in [4.69, 9.17) is 14.2 Å². The molecule has 0 aromatic heterocycles. The Morgan fingerprint density at radius 2 is 1.59 bits per heavy atom. The largest absolute Gasteiger partial charge is 0.507 e. The predicted octanol–water partition coefficient (Wildman–Crippen LogP) is 4.65. The van der Waals surface area contributed by atoms with Crippen LogP contribution in [-0.4, -0.2) is 38.1 Å². The third-order valence-electron chi connectivity index (χ3n) is 5.92. The smallest absolute Gasteiger partial charge is 0.300 e. The molecule has 4 rings (SSSR count). The zero-order valence-electron chi connectivity index (χ0n) is 19.4. The Morgan fingerprint density at radius 3 is 2.26 bits per heavy atom. The molecule has 1 aliphatic rings. The highest BCUT2D eigenvalue weighted by molar-refractivity contribution is 6.51. The lowest BCUT2D eigenvalue weighted by Gasteiger charge is -2.27. The lowest BCUT2D eigenvalue weighted by Crippen LogP contribution is -2.29. The van der Waals surface area contributed by atoms with Crippen LogP contribution in [0.2, 0.25) is 0 Å². The molecule has 1 aliphatic heterocycles. The van der Waals surface area contributed by atoms with Crippen molar-refractivity contribution in [3.05, 3.63) is 89.0 Å². The van der Waals surface area contributed by atoms with Gasteiger partial charge in [-0.1, -0.05) is 30.3 Å². The number of carbonyl (C=O) groups is 2. The minimum atomic E-state index is -0.832. The zero-order valence-corrected chi connectivity index (χ0v) is 19.4. The van der Waals surface area contributed by atoms with E-state index in [1.54, 1.807) is 42.5 Å². The number of hydrogen-bond acceptors (Lipinski definition) is 6. The van der Waals surface area contributed by atoms with Crippen molar-refractivity contribution in [1.29, 1.82) is 0 Å². The summed E-state index contributed by atoms with van der Waals surface area (Å²) in [7, 11) is 4.52. The molecule has 1 saturated heterocycles. The second-order valence-electron chi connectivity index (χ2n) is 7.80. The first-order valence-corrected chi connectivity index (χ1v) is 10.6. The quantitative estimate of drug-likeness (QED) is 0.328. The number of ketones is 1. The van der Waals surface area contributed by atoms with Gasteiger partial charge in [-0.05, 0) is 48.4 Å². The maximum Gasteiger partial charge on any atom is 0.300 e. The molecule has 34 heavy (non-hydrogen) atoms. The van der Waals surface area contributed by atoms with Crippen LogP contribution in [0.3, 0.4) is 0 Å². The number of aliphatic hydroxyl groups is 1. The summed E-state index contributed by atoms with van der Waals surface area (Å²) in [5.74, 6) is -0.389. The minimum Gasteiger partial charge on any atom is -0.507 e. The summed E-state index contributed by atoms with van der Waals surface area (Å²) >= 11 is 0. The molecule has 3 aromatic rings. The van der Waals surface area contributed by atoms with Crippen molar-refractivity contribution < 1.29 is 28.9 Å². The topological polar surface area (TPSA) is 85.3 Å². The van der Waals surface area contributed by atoms with Crippen LogP contribution in [0.4, 0.5) is 5.69 Å². The van der Waals surface area contributed by atoms with E-state index in [-0.39, 0.29) is 11.3 Å². The van der Waals surface area contributed by atoms with Crippen molar-refractivity contribution in [2.45, 2.75) is 13.0 Å². The summed E-state index contributed by atoms with van der Waals surface area (Å²) in [5.41, 5.74) is 2.42. The van der Waals surface area contributed by atoms with Crippen LogP contribution in [0.15, 0.2) is 72.3 Å². The van der Waals surface area contributed by atoms with Crippen LogP contribution in [0.25, 0.3) is 5.76 Å². The van der Waals surface area contributed by atoms with Gasteiger partial charge in [-0.15, -0.1) is 0 Å². The Balaban J connectivity index is 1.96. The van der Waals surface area contributed by atoms with E-state index in [0.29, 0.717) is 28.5 Å². The molecule has 1 heterocycles. The first-order chi connectivity index (χ1) is 16.4. The van der Waals surface area contributed by atoms with Crippen molar-refractivity contribution in [2.24, 2.45) is 0 Å². The molecule has 1 N–H and O–H groups in total. The van der Waals surface area contributed by atoms with E-state index < -0.39 is 17.7 Å². The monoisotopic (exact) mass is 459 g/mol. The number of nitrogens with zero attached hydrogens (tertiary/aromatic N) is 1. The summed E-state index contributed by atoms with van der Waals surface area (Å²) in [6.07, 6.45) is 0. The lowest BCUT2D eigenvalue weighted by molar-refractivity contribution is -0.132. The van der Waals surface area contributed by atoms with Gasteiger partial charge in [0, 0.05) is 17.3 Å². The fraction of sp³-hybridized carbons (Fsp3) is 0.185. The van der Waals surface area contributed by atoms with E-state index in [2.05, 4.69) is 0 Å². The van der Waals surface area contributed by atoms with Crippen LogP contribution in [0.5, 0.6) is 17.2 Å². The molecular formula is C27H25NO6. The molecule has 174 valence electrons. The van der Waals surface area contributed by atoms with Crippen LogP contribution in [0, 0.1) is 6.92 Å². The Bertz CT molecular complexity index is 1300. The number of anilines is 1. The van der Waals surface area contributed by atoms with Gasteiger partial charge < -0.3 is 19.3 Å². The molecule has 3 aromatic carbocycles. The average molecular weight is 459 g/mol. The van der Waals surface area contributed by atoms with Gasteiger partial charge in [-0.2, -0.15) is 0 Å². The molecule has 1 amide bonds. The number of aliphatic hydroxyl groups excluding tert-OH is 1. The average Bonchev–Trinajstić information content (AvgIpc) is 3.13. The van der Waals surface area contributed by atoms with Gasteiger partial charge >= 0.3 is 0 Å². The van der Waals surface area contributed by atoms with E-state index in [1.165, 1.54) is 26.2 Å². The number of hydrogen-bond donors (Lipinski definition) is 1. The number of amides is 1. The van der Waals surface area contributed by atoms with Crippen LogP contribution >= 0.6 is 0 Å². The van der Waals surface area contributed by atoms with Crippen LogP contribution in [-0.2, 0) is 9.59 Å². The van der Waals surface area contributed by atoms with E-state index in [9.17, 15) is 14.7 Å². The standard InChI is InChI=1S/C27H25NO6/c1-16-8-5-6-11-20(16)24-23(25(29)17-12-13-21(33-3)22(14-17)34-4)26(30)27(31)28(24)18-9-7-10-19(15-18)32-2/h5-15,24,29H,1-4H3/b25-23+. The first-order valence-electron chi connectivity index (χ1n) is 10.6. The molecule has 0 saturated carbocycles.